The molecule has 0 aromatic carbocycles. The van der Waals surface area contributed by atoms with E-state index in [9.17, 15) is 5.11 Å². The van der Waals surface area contributed by atoms with Gasteiger partial charge in [-0.05, 0) is 25.1 Å². The normalized spacial score (nSPS) is 13.1. The van der Waals surface area contributed by atoms with Gasteiger partial charge in [-0.15, -0.1) is 11.3 Å². The summed E-state index contributed by atoms with van der Waals surface area (Å²) in [6.45, 7) is 1.90. The molecule has 0 saturated carbocycles. The molecule has 0 spiro atoms. The molecule has 2 heterocycles. The van der Waals surface area contributed by atoms with Crippen LogP contribution in [0.2, 0.25) is 4.34 Å². The number of hydrogen-bond donors (Lipinski definition) is 1. The number of rotatable bonds is 2. The predicted octanol–water partition coefficient (Wildman–Crippen LogP) is 2.53. The molecule has 0 saturated heterocycles. The van der Waals surface area contributed by atoms with Gasteiger partial charge in [0, 0.05) is 11.9 Å². The van der Waals surface area contributed by atoms with Crippen LogP contribution in [0.25, 0.3) is 0 Å². The molecule has 1 atom stereocenters. The Hall–Kier alpha value is -0.840. The lowest BCUT2D eigenvalue weighted by Gasteiger charge is -2.07. The van der Waals surface area contributed by atoms with E-state index in [1.807, 2.05) is 26.1 Å². The molecule has 2 aromatic heterocycles. The molecule has 3 nitrogen and oxygen atoms in total. The molecular formula is C10H11ClN2OS. The van der Waals surface area contributed by atoms with Gasteiger partial charge in [0.25, 0.3) is 0 Å². The lowest BCUT2D eigenvalue weighted by molar-refractivity contribution is 0.213. The van der Waals surface area contributed by atoms with Crippen LogP contribution in [-0.4, -0.2) is 14.9 Å². The van der Waals surface area contributed by atoms with Crippen molar-refractivity contribution >= 4 is 22.9 Å². The minimum absolute atomic E-state index is 0.645. The topological polar surface area (TPSA) is 38.0 Å². The zero-order valence-corrected chi connectivity index (χ0v) is 10.0. The average molecular weight is 243 g/mol. The second kappa shape index (κ2) is 3.96. The van der Waals surface area contributed by atoms with E-state index in [0.717, 1.165) is 16.3 Å². The minimum Gasteiger partial charge on any atom is -0.381 e. The van der Waals surface area contributed by atoms with Crippen molar-refractivity contribution in [2.45, 2.75) is 13.0 Å². The van der Waals surface area contributed by atoms with E-state index >= 15 is 0 Å². The summed E-state index contributed by atoms with van der Waals surface area (Å²) < 4.78 is 2.37. The lowest BCUT2D eigenvalue weighted by Crippen LogP contribution is -2.04. The first-order valence-corrected chi connectivity index (χ1v) is 5.71. The van der Waals surface area contributed by atoms with E-state index in [0.29, 0.717) is 4.34 Å². The SMILES string of the molecule is Cc1cc(C(O)c2ccc(Cl)s2)n(C)n1. The number of nitrogens with zero attached hydrogens (tertiary/aromatic N) is 2. The Morgan fingerprint density at radius 3 is 2.73 bits per heavy atom. The Balaban J connectivity index is 2.35. The quantitative estimate of drug-likeness (QED) is 0.879. The number of aromatic nitrogens is 2. The summed E-state index contributed by atoms with van der Waals surface area (Å²) in [5.74, 6) is 0. The standard InChI is InChI=1S/C10H11ClN2OS/c1-6-5-7(13(2)12-6)10(14)8-3-4-9(11)15-8/h3-5,10,14H,1-2H3. The second-order valence-corrected chi connectivity index (χ2v) is 5.13. The molecule has 0 amide bonds. The average Bonchev–Trinajstić information content (AvgIpc) is 2.71. The largest absolute Gasteiger partial charge is 0.381 e. The fourth-order valence-electron chi connectivity index (χ4n) is 1.51. The third kappa shape index (κ3) is 2.07. The highest BCUT2D eigenvalue weighted by Gasteiger charge is 2.16. The third-order valence-electron chi connectivity index (χ3n) is 2.18. The van der Waals surface area contributed by atoms with Crippen LogP contribution >= 0.6 is 22.9 Å². The zero-order valence-electron chi connectivity index (χ0n) is 8.44. The van der Waals surface area contributed by atoms with Crippen LogP contribution in [-0.2, 0) is 7.05 Å². The van der Waals surface area contributed by atoms with Crippen molar-refractivity contribution in [2.24, 2.45) is 7.05 Å². The molecule has 0 aliphatic heterocycles. The van der Waals surface area contributed by atoms with Crippen molar-refractivity contribution in [1.29, 1.82) is 0 Å². The van der Waals surface area contributed by atoms with Crippen molar-refractivity contribution in [1.82, 2.24) is 9.78 Å². The highest BCUT2D eigenvalue weighted by molar-refractivity contribution is 7.16. The van der Waals surface area contributed by atoms with E-state index in [1.165, 1.54) is 11.3 Å². The van der Waals surface area contributed by atoms with Gasteiger partial charge in [-0.25, -0.2) is 0 Å². The number of hydrogen-bond acceptors (Lipinski definition) is 3. The maximum absolute atomic E-state index is 10.1. The fourth-order valence-corrected chi connectivity index (χ4v) is 2.57. The van der Waals surface area contributed by atoms with Crippen LogP contribution in [0.5, 0.6) is 0 Å². The van der Waals surface area contributed by atoms with Crippen molar-refractivity contribution in [3.63, 3.8) is 0 Å². The van der Waals surface area contributed by atoms with Gasteiger partial charge in [-0.3, -0.25) is 4.68 Å². The molecule has 5 heteroatoms. The molecule has 1 unspecified atom stereocenters. The molecule has 0 aliphatic rings. The summed E-state index contributed by atoms with van der Waals surface area (Å²) >= 11 is 7.20. The molecule has 15 heavy (non-hydrogen) atoms. The monoisotopic (exact) mass is 242 g/mol. The first kappa shape index (κ1) is 10.7. The van der Waals surface area contributed by atoms with Gasteiger partial charge in [-0.2, -0.15) is 5.10 Å². The van der Waals surface area contributed by atoms with Crippen LogP contribution < -0.4 is 0 Å². The van der Waals surface area contributed by atoms with Gasteiger partial charge in [0.05, 0.1) is 15.7 Å². The Bertz CT molecular complexity index is 477. The van der Waals surface area contributed by atoms with Crippen molar-refractivity contribution < 1.29 is 5.11 Å². The predicted molar refractivity (Wildman–Crippen MR) is 61.3 cm³/mol. The minimum atomic E-state index is -0.645. The van der Waals surface area contributed by atoms with Gasteiger partial charge < -0.3 is 5.11 Å². The highest BCUT2D eigenvalue weighted by Crippen LogP contribution is 2.30. The van der Waals surface area contributed by atoms with Crippen LogP contribution in [0.15, 0.2) is 18.2 Å². The Labute approximate surface area is 96.9 Å². The van der Waals surface area contributed by atoms with Crippen LogP contribution in [0.3, 0.4) is 0 Å². The van der Waals surface area contributed by atoms with Gasteiger partial charge in [0.1, 0.15) is 6.10 Å². The maximum Gasteiger partial charge on any atom is 0.130 e. The Morgan fingerprint density at radius 2 is 2.27 bits per heavy atom. The molecular weight excluding hydrogens is 232 g/mol. The Kier molecular flexibility index (Phi) is 2.82. The summed E-state index contributed by atoms with van der Waals surface area (Å²) in [5, 5.41) is 14.3. The first-order chi connectivity index (χ1) is 7.08. The van der Waals surface area contributed by atoms with E-state index in [2.05, 4.69) is 5.10 Å². The molecule has 0 fully saturated rings. The van der Waals surface area contributed by atoms with Crippen LogP contribution in [0.1, 0.15) is 22.4 Å². The summed E-state index contributed by atoms with van der Waals surface area (Å²) in [6.07, 6.45) is -0.645. The summed E-state index contributed by atoms with van der Waals surface area (Å²) in [6, 6.07) is 5.49. The first-order valence-electron chi connectivity index (χ1n) is 4.52. The van der Waals surface area contributed by atoms with E-state index < -0.39 is 6.10 Å². The summed E-state index contributed by atoms with van der Waals surface area (Å²) in [7, 11) is 1.82. The molecule has 0 aliphatic carbocycles. The van der Waals surface area contributed by atoms with Crippen molar-refractivity contribution in [3.05, 3.63) is 38.8 Å². The molecule has 2 rings (SSSR count). The number of aliphatic hydroxyl groups is 1. The van der Waals surface area contributed by atoms with Crippen LogP contribution in [0, 0.1) is 6.92 Å². The Morgan fingerprint density at radius 1 is 1.53 bits per heavy atom. The smallest absolute Gasteiger partial charge is 0.130 e. The maximum atomic E-state index is 10.1. The van der Waals surface area contributed by atoms with E-state index in [4.69, 9.17) is 11.6 Å². The zero-order chi connectivity index (χ0) is 11.0. The van der Waals surface area contributed by atoms with Gasteiger partial charge in [0.15, 0.2) is 0 Å². The van der Waals surface area contributed by atoms with Crippen molar-refractivity contribution in [2.75, 3.05) is 0 Å². The summed E-state index contributed by atoms with van der Waals surface area (Å²) in [5.41, 5.74) is 1.68. The molecule has 80 valence electrons. The molecule has 0 bridgehead atoms. The molecule has 0 radical (unpaired) electrons. The van der Waals surface area contributed by atoms with Crippen molar-refractivity contribution in [3.8, 4) is 0 Å². The second-order valence-electron chi connectivity index (χ2n) is 3.38. The van der Waals surface area contributed by atoms with Gasteiger partial charge >= 0.3 is 0 Å². The third-order valence-corrected chi connectivity index (χ3v) is 3.47. The molecule has 1 N–H and O–H groups in total. The molecule has 2 aromatic rings. The number of aliphatic hydroxyl groups excluding tert-OH is 1. The number of halogens is 1. The van der Waals surface area contributed by atoms with E-state index in [1.54, 1.807) is 10.7 Å². The van der Waals surface area contributed by atoms with Gasteiger partial charge in [0.2, 0.25) is 0 Å². The fraction of sp³-hybridized carbons (Fsp3) is 0.300. The van der Waals surface area contributed by atoms with E-state index in [-0.39, 0.29) is 0 Å². The van der Waals surface area contributed by atoms with Gasteiger partial charge in [-0.1, -0.05) is 11.6 Å². The lowest BCUT2D eigenvalue weighted by atomic mass is 10.2. The highest BCUT2D eigenvalue weighted by atomic mass is 35.5. The number of aryl methyl sites for hydroxylation is 2. The number of thiophene rings is 1. The van der Waals surface area contributed by atoms with Crippen LogP contribution in [0.4, 0.5) is 0 Å². The summed E-state index contributed by atoms with van der Waals surface area (Å²) in [4.78, 5) is 0.836.